The molecule has 2 N–H and O–H groups in total. The van der Waals surface area contributed by atoms with E-state index in [-0.39, 0.29) is 0 Å². The monoisotopic (exact) mass is 231 g/mol. The van der Waals surface area contributed by atoms with Crippen molar-refractivity contribution in [1.82, 2.24) is 9.80 Å². The summed E-state index contributed by atoms with van der Waals surface area (Å²) in [6.45, 7) is 3.68. The van der Waals surface area contributed by atoms with Crippen LogP contribution in [0.1, 0.15) is 12.0 Å². The van der Waals surface area contributed by atoms with Gasteiger partial charge in [0.1, 0.15) is 0 Å². The number of nitrogens with zero attached hydrogens (tertiary/aromatic N) is 2. The first-order chi connectivity index (χ1) is 8.22. The lowest BCUT2D eigenvalue weighted by molar-refractivity contribution is 0.151. The van der Waals surface area contributed by atoms with Gasteiger partial charge in [0.25, 0.3) is 0 Å². The molecule has 2 aliphatic rings. The van der Waals surface area contributed by atoms with Crippen LogP contribution in [0, 0.1) is 0 Å². The van der Waals surface area contributed by atoms with Crippen LogP contribution in [0.15, 0.2) is 24.3 Å². The number of hydrogen-bond acceptors (Lipinski definition) is 3. The molecule has 2 fully saturated rings. The highest BCUT2D eigenvalue weighted by molar-refractivity contribution is 5.40. The van der Waals surface area contributed by atoms with Crippen LogP contribution in [0.2, 0.25) is 0 Å². The van der Waals surface area contributed by atoms with Crippen molar-refractivity contribution in [2.75, 3.05) is 32.4 Å². The first kappa shape index (κ1) is 11.1. The van der Waals surface area contributed by atoms with Gasteiger partial charge < -0.3 is 10.6 Å². The average Bonchev–Trinajstić information content (AvgIpc) is 2.85. The molecule has 3 rings (SSSR count). The largest absolute Gasteiger partial charge is 0.399 e. The fourth-order valence-corrected chi connectivity index (χ4v) is 3.24. The van der Waals surface area contributed by atoms with Crippen LogP contribution in [-0.2, 0) is 6.42 Å². The lowest BCUT2D eigenvalue weighted by Gasteiger charge is -2.31. The molecule has 0 amide bonds. The molecule has 3 nitrogen and oxygen atoms in total. The van der Waals surface area contributed by atoms with E-state index < -0.39 is 0 Å². The topological polar surface area (TPSA) is 32.5 Å². The second-order valence-corrected chi connectivity index (χ2v) is 5.47. The molecule has 92 valence electrons. The number of nitrogens with two attached hydrogens (primary N) is 1. The molecule has 0 saturated carbocycles. The molecule has 2 aliphatic heterocycles. The van der Waals surface area contributed by atoms with E-state index in [0.29, 0.717) is 0 Å². The van der Waals surface area contributed by atoms with E-state index in [1.165, 1.54) is 31.6 Å². The first-order valence-electron chi connectivity index (χ1n) is 6.51. The zero-order valence-electron chi connectivity index (χ0n) is 10.5. The van der Waals surface area contributed by atoms with Gasteiger partial charge in [-0.1, -0.05) is 12.1 Å². The van der Waals surface area contributed by atoms with Gasteiger partial charge in [0.15, 0.2) is 0 Å². The Morgan fingerprint density at radius 1 is 1.29 bits per heavy atom. The van der Waals surface area contributed by atoms with Gasteiger partial charge in [0.05, 0.1) is 0 Å². The van der Waals surface area contributed by atoms with Crippen LogP contribution >= 0.6 is 0 Å². The van der Waals surface area contributed by atoms with Gasteiger partial charge in [-0.25, -0.2) is 0 Å². The summed E-state index contributed by atoms with van der Waals surface area (Å²) in [5.41, 5.74) is 8.04. The van der Waals surface area contributed by atoms with Gasteiger partial charge in [0, 0.05) is 37.4 Å². The molecular formula is C14H21N3. The summed E-state index contributed by atoms with van der Waals surface area (Å²) in [5.74, 6) is 0. The SMILES string of the molecule is CN1CC2CC1CN2CCc1cccc(N)c1. The third-order valence-electron chi connectivity index (χ3n) is 4.27. The van der Waals surface area contributed by atoms with Crippen molar-refractivity contribution in [2.45, 2.75) is 24.9 Å². The summed E-state index contributed by atoms with van der Waals surface area (Å²) in [5, 5.41) is 0. The number of hydrogen-bond donors (Lipinski definition) is 1. The van der Waals surface area contributed by atoms with Crippen LogP contribution in [0.3, 0.4) is 0 Å². The molecule has 3 heteroatoms. The Labute approximate surface area is 103 Å². The zero-order chi connectivity index (χ0) is 11.8. The highest BCUT2D eigenvalue weighted by Crippen LogP contribution is 2.29. The summed E-state index contributed by atoms with van der Waals surface area (Å²) in [7, 11) is 2.25. The molecule has 1 aromatic rings. The second-order valence-electron chi connectivity index (χ2n) is 5.47. The molecule has 1 aromatic carbocycles. The molecule has 0 aromatic heterocycles. The van der Waals surface area contributed by atoms with Gasteiger partial charge in [-0.2, -0.15) is 0 Å². The lowest BCUT2D eigenvalue weighted by atomic mass is 10.1. The van der Waals surface area contributed by atoms with Crippen LogP contribution < -0.4 is 5.73 Å². The summed E-state index contributed by atoms with van der Waals surface area (Å²) >= 11 is 0. The number of likely N-dealkylation sites (N-methyl/N-ethyl adjacent to an activating group) is 1. The normalized spacial score (nSPS) is 29.0. The quantitative estimate of drug-likeness (QED) is 0.793. The highest BCUT2D eigenvalue weighted by atomic mass is 15.3. The van der Waals surface area contributed by atoms with E-state index in [2.05, 4.69) is 35.0 Å². The van der Waals surface area contributed by atoms with E-state index in [9.17, 15) is 0 Å². The standard InChI is InChI=1S/C14H21N3/c1-16-9-14-8-13(16)10-17(14)6-5-11-3-2-4-12(15)7-11/h2-4,7,13-14H,5-6,8-10,15H2,1H3. The summed E-state index contributed by atoms with van der Waals surface area (Å²) in [4.78, 5) is 5.15. The molecule has 0 spiro atoms. The van der Waals surface area contributed by atoms with Crippen molar-refractivity contribution in [1.29, 1.82) is 0 Å². The van der Waals surface area contributed by atoms with Gasteiger partial charge in [0.2, 0.25) is 0 Å². The van der Waals surface area contributed by atoms with E-state index in [0.717, 1.165) is 24.2 Å². The van der Waals surface area contributed by atoms with E-state index >= 15 is 0 Å². The molecule has 2 heterocycles. The van der Waals surface area contributed by atoms with Crippen LogP contribution in [-0.4, -0.2) is 48.6 Å². The maximum Gasteiger partial charge on any atom is 0.0316 e. The number of anilines is 1. The predicted octanol–water partition coefficient (Wildman–Crippen LogP) is 1.20. The van der Waals surface area contributed by atoms with Crippen LogP contribution in [0.25, 0.3) is 0 Å². The third kappa shape index (κ3) is 2.17. The number of nitrogen functional groups attached to an aromatic ring is 1. The van der Waals surface area contributed by atoms with Crippen molar-refractivity contribution in [2.24, 2.45) is 0 Å². The Bertz CT molecular complexity index is 402. The third-order valence-corrected chi connectivity index (χ3v) is 4.27. The van der Waals surface area contributed by atoms with Gasteiger partial charge in [-0.3, -0.25) is 4.90 Å². The number of benzene rings is 1. The van der Waals surface area contributed by atoms with Crippen LogP contribution in [0.5, 0.6) is 0 Å². The number of piperazine rings is 1. The Balaban J connectivity index is 1.56. The smallest absolute Gasteiger partial charge is 0.0316 e. The van der Waals surface area contributed by atoms with Gasteiger partial charge in [-0.05, 0) is 37.6 Å². The maximum absolute atomic E-state index is 5.80. The molecule has 0 radical (unpaired) electrons. The summed E-state index contributed by atoms with van der Waals surface area (Å²) in [6.07, 6.45) is 2.49. The van der Waals surface area contributed by atoms with E-state index in [4.69, 9.17) is 5.73 Å². The molecule has 0 aliphatic carbocycles. The Morgan fingerprint density at radius 3 is 2.82 bits per heavy atom. The first-order valence-corrected chi connectivity index (χ1v) is 6.51. The average molecular weight is 231 g/mol. The predicted molar refractivity (Wildman–Crippen MR) is 71.0 cm³/mol. The summed E-state index contributed by atoms with van der Waals surface area (Å²) < 4.78 is 0. The van der Waals surface area contributed by atoms with E-state index in [1.807, 2.05) is 6.07 Å². The van der Waals surface area contributed by atoms with Crippen molar-refractivity contribution < 1.29 is 0 Å². The Morgan fingerprint density at radius 2 is 2.18 bits per heavy atom. The Kier molecular flexibility index (Phi) is 2.81. The summed E-state index contributed by atoms with van der Waals surface area (Å²) in [6, 6.07) is 9.88. The van der Waals surface area contributed by atoms with Crippen molar-refractivity contribution in [3.8, 4) is 0 Å². The highest BCUT2D eigenvalue weighted by Gasteiger charge is 2.40. The second kappa shape index (κ2) is 4.31. The number of likely N-dealkylation sites (tertiary alicyclic amines) is 2. The van der Waals surface area contributed by atoms with Crippen molar-refractivity contribution >= 4 is 5.69 Å². The maximum atomic E-state index is 5.80. The molecule has 2 saturated heterocycles. The molecular weight excluding hydrogens is 210 g/mol. The molecule has 2 atom stereocenters. The Hall–Kier alpha value is -1.06. The van der Waals surface area contributed by atoms with E-state index in [1.54, 1.807) is 0 Å². The lowest BCUT2D eigenvalue weighted by Crippen LogP contribution is -2.45. The molecule has 17 heavy (non-hydrogen) atoms. The minimum Gasteiger partial charge on any atom is -0.399 e. The van der Waals surface area contributed by atoms with Gasteiger partial charge >= 0.3 is 0 Å². The molecule has 2 bridgehead atoms. The zero-order valence-corrected chi connectivity index (χ0v) is 10.5. The fraction of sp³-hybridized carbons (Fsp3) is 0.571. The van der Waals surface area contributed by atoms with Crippen LogP contribution in [0.4, 0.5) is 5.69 Å². The number of fused-ring (bicyclic) bond motifs is 2. The minimum atomic E-state index is 0.797. The number of rotatable bonds is 3. The van der Waals surface area contributed by atoms with Crippen molar-refractivity contribution in [3.05, 3.63) is 29.8 Å². The van der Waals surface area contributed by atoms with Crippen molar-refractivity contribution in [3.63, 3.8) is 0 Å². The van der Waals surface area contributed by atoms with Gasteiger partial charge in [-0.15, -0.1) is 0 Å². The molecule has 2 unspecified atom stereocenters. The minimum absolute atomic E-state index is 0.797. The fourth-order valence-electron chi connectivity index (χ4n) is 3.24.